The van der Waals surface area contributed by atoms with E-state index in [0.29, 0.717) is 51.0 Å². The van der Waals surface area contributed by atoms with Crippen LogP contribution >= 0.6 is 0 Å². The van der Waals surface area contributed by atoms with Gasteiger partial charge < -0.3 is 14.3 Å². The lowest BCUT2D eigenvalue weighted by molar-refractivity contribution is -0.985. The lowest BCUT2D eigenvalue weighted by Gasteiger charge is -2.58. The molecule has 2 aromatic carbocycles. The number of halogens is 2. The van der Waals surface area contributed by atoms with Gasteiger partial charge in [-0.25, -0.2) is 13.8 Å². The molecule has 6 heteroatoms. The number of piperidine rings is 3. The van der Waals surface area contributed by atoms with Gasteiger partial charge in [-0.3, -0.25) is 0 Å². The van der Waals surface area contributed by atoms with Crippen molar-refractivity contribution in [2.24, 2.45) is 11.8 Å². The van der Waals surface area contributed by atoms with E-state index in [9.17, 15) is 9.50 Å². The van der Waals surface area contributed by atoms with Crippen molar-refractivity contribution in [2.75, 3.05) is 20.2 Å². The minimum Gasteiger partial charge on any atom is -0.497 e. The van der Waals surface area contributed by atoms with Crippen molar-refractivity contribution in [3.63, 3.8) is 0 Å². The molecule has 4 aliphatic heterocycles. The van der Waals surface area contributed by atoms with Crippen molar-refractivity contribution in [1.29, 1.82) is 0 Å². The summed E-state index contributed by atoms with van der Waals surface area (Å²) in [6, 6.07) is 9.63. The molecule has 1 N–H and O–H groups in total. The number of fused-ring (bicyclic) bond motifs is 8. The maximum absolute atomic E-state index is 15.3. The molecule has 1 spiro atoms. The van der Waals surface area contributed by atoms with E-state index in [1.165, 1.54) is 6.07 Å². The minimum atomic E-state index is -0.753. The smallest absolute Gasteiger partial charge is 0.135 e. The zero-order valence-corrected chi connectivity index (χ0v) is 18.6. The van der Waals surface area contributed by atoms with Gasteiger partial charge >= 0.3 is 0 Å². The number of methoxy groups -OCH3 is 1. The monoisotopic (exact) mass is 449 g/mol. The fourth-order valence-corrected chi connectivity index (χ4v) is 6.64. The Balaban J connectivity index is 1.67. The molecule has 0 radical (unpaired) electrons. The van der Waals surface area contributed by atoms with Gasteiger partial charge in [0, 0.05) is 35.8 Å². The van der Waals surface area contributed by atoms with Gasteiger partial charge in [0.05, 0.1) is 37.0 Å². The molecule has 3 aromatic rings. The molecule has 0 aliphatic carbocycles. The largest absolute Gasteiger partial charge is 0.497 e. The number of aliphatic hydroxyl groups is 1. The van der Waals surface area contributed by atoms with Gasteiger partial charge in [-0.05, 0) is 41.8 Å². The number of aromatic nitrogens is 1. The molecule has 0 amide bonds. The molecule has 7 rings (SSSR count). The fraction of sp³-hybridized carbons (Fsp3) is 0.370. The first kappa shape index (κ1) is 20.8. The molecule has 5 unspecified atom stereocenters. The van der Waals surface area contributed by atoms with Crippen molar-refractivity contribution in [1.82, 2.24) is 4.98 Å². The van der Waals surface area contributed by atoms with Crippen molar-refractivity contribution >= 4 is 10.9 Å². The fourth-order valence-electron chi connectivity index (χ4n) is 6.64. The van der Waals surface area contributed by atoms with Crippen LogP contribution in [0.15, 0.2) is 49.1 Å². The molecule has 0 saturated carbocycles. The average Bonchev–Trinajstić information content (AvgIpc) is 2.86. The van der Waals surface area contributed by atoms with E-state index in [4.69, 9.17) is 9.72 Å². The number of pyridine rings is 1. The second-order valence-corrected chi connectivity index (χ2v) is 9.87. The van der Waals surface area contributed by atoms with Crippen LogP contribution < -0.4 is 4.74 Å². The lowest BCUT2D eigenvalue weighted by Crippen LogP contribution is -2.67. The van der Waals surface area contributed by atoms with Crippen molar-refractivity contribution in [3.8, 4) is 17.0 Å². The van der Waals surface area contributed by atoms with E-state index >= 15 is 4.39 Å². The summed E-state index contributed by atoms with van der Waals surface area (Å²) in [6.45, 7) is 6.12. The van der Waals surface area contributed by atoms with Crippen LogP contribution in [0.2, 0.25) is 0 Å². The summed E-state index contributed by atoms with van der Waals surface area (Å²) in [7, 11) is 1.61. The standard InChI is InChI=1S/C27H27F2N2O2/c1-3-15-13-31-7-6-16(15)8-26(31)27(32)21-12-25(19-9-17(28)10-23(29)22(19)14-31)30-24-5-4-18(33-2)11-20(21)24/h3-5,9-12,15-16,26-27,32H,1,6-8,13-14H2,2H3/q+1. The summed E-state index contributed by atoms with van der Waals surface area (Å²) in [5.41, 5.74) is 2.85. The number of hydrogen-bond acceptors (Lipinski definition) is 3. The quantitative estimate of drug-likeness (QED) is 0.435. The first-order valence-electron chi connectivity index (χ1n) is 11.6. The Morgan fingerprint density at radius 3 is 2.85 bits per heavy atom. The molecule has 3 fully saturated rings. The van der Waals surface area contributed by atoms with Gasteiger partial charge in [-0.2, -0.15) is 0 Å². The normalized spacial score (nSPS) is 30.1. The zero-order chi connectivity index (χ0) is 22.9. The summed E-state index contributed by atoms with van der Waals surface area (Å²) in [5, 5.41) is 12.7. The minimum absolute atomic E-state index is 0.0833. The molecule has 170 valence electrons. The summed E-state index contributed by atoms with van der Waals surface area (Å²) >= 11 is 0. The molecule has 3 saturated heterocycles. The Kier molecular flexibility index (Phi) is 4.61. The van der Waals surface area contributed by atoms with Crippen LogP contribution in [0.5, 0.6) is 5.75 Å². The highest BCUT2D eigenvalue weighted by Gasteiger charge is 2.54. The number of aliphatic hydroxyl groups excluding tert-OH is 1. The molecule has 5 heterocycles. The van der Waals surface area contributed by atoms with Gasteiger partial charge in [-0.15, -0.1) is 6.58 Å². The average molecular weight is 450 g/mol. The number of rotatable bonds is 2. The SMILES string of the molecule is C=CC1C[N+]23CCC1CC2C(O)c1cc(nc2ccc(OC)cc12)-c1cc(F)cc(F)c1C3. The molecule has 1 aromatic heterocycles. The maximum Gasteiger partial charge on any atom is 0.135 e. The highest BCUT2D eigenvalue weighted by atomic mass is 19.1. The molecular formula is C27H27F2N2O2+. The summed E-state index contributed by atoms with van der Waals surface area (Å²) in [6.07, 6.45) is 3.13. The second kappa shape index (κ2) is 7.34. The third-order valence-electron chi connectivity index (χ3n) is 8.32. The van der Waals surface area contributed by atoms with Gasteiger partial charge in [0.25, 0.3) is 0 Å². The Hall–Kier alpha value is -2.83. The van der Waals surface area contributed by atoms with Crippen LogP contribution in [0.3, 0.4) is 0 Å². The van der Waals surface area contributed by atoms with Crippen molar-refractivity contribution in [2.45, 2.75) is 31.5 Å². The van der Waals surface area contributed by atoms with E-state index in [1.807, 2.05) is 30.3 Å². The third kappa shape index (κ3) is 3.04. The highest BCUT2D eigenvalue weighted by Crippen LogP contribution is 2.50. The number of hydrogen-bond donors (Lipinski definition) is 1. The first-order chi connectivity index (χ1) is 15.9. The summed E-state index contributed by atoms with van der Waals surface area (Å²) in [4.78, 5) is 4.77. The highest BCUT2D eigenvalue weighted by molar-refractivity contribution is 5.87. The van der Waals surface area contributed by atoms with E-state index in [1.54, 1.807) is 7.11 Å². The molecule has 4 aliphatic rings. The topological polar surface area (TPSA) is 42.4 Å². The second-order valence-electron chi connectivity index (χ2n) is 9.87. The van der Waals surface area contributed by atoms with Crippen LogP contribution in [0.1, 0.15) is 30.1 Å². The number of quaternary nitrogens is 1. The van der Waals surface area contributed by atoms with E-state index in [-0.39, 0.29) is 6.04 Å². The van der Waals surface area contributed by atoms with Crippen LogP contribution in [0.25, 0.3) is 22.2 Å². The summed E-state index contributed by atoms with van der Waals surface area (Å²) < 4.78 is 35.8. The lowest BCUT2D eigenvalue weighted by atomic mass is 9.71. The van der Waals surface area contributed by atoms with Crippen LogP contribution in [0.4, 0.5) is 8.78 Å². The van der Waals surface area contributed by atoms with Gasteiger partial charge in [0.2, 0.25) is 0 Å². The van der Waals surface area contributed by atoms with Crippen LogP contribution in [-0.4, -0.2) is 40.8 Å². The molecule has 5 atom stereocenters. The van der Waals surface area contributed by atoms with E-state index in [2.05, 4.69) is 6.58 Å². The van der Waals surface area contributed by atoms with Crippen LogP contribution in [-0.2, 0) is 6.54 Å². The van der Waals surface area contributed by atoms with Crippen LogP contribution in [0, 0.1) is 23.5 Å². The maximum atomic E-state index is 15.3. The Morgan fingerprint density at radius 2 is 2.06 bits per heavy atom. The molecule has 33 heavy (non-hydrogen) atoms. The Labute approximate surface area is 191 Å². The van der Waals surface area contributed by atoms with Crippen molar-refractivity contribution in [3.05, 3.63) is 71.8 Å². The van der Waals surface area contributed by atoms with Gasteiger partial charge in [0.15, 0.2) is 0 Å². The van der Waals surface area contributed by atoms with Gasteiger partial charge in [-0.1, -0.05) is 6.08 Å². The first-order valence-corrected chi connectivity index (χ1v) is 11.6. The summed E-state index contributed by atoms with van der Waals surface area (Å²) in [5.74, 6) is 0.297. The molecular weight excluding hydrogens is 422 g/mol. The predicted octanol–water partition coefficient (Wildman–Crippen LogP) is 5.15. The number of nitrogens with zero attached hydrogens (tertiary/aromatic N) is 2. The Morgan fingerprint density at radius 1 is 1.21 bits per heavy atom. The Bertz CT molecular complexity index is 1290. The predicted molar refractivity (Wildman–Crippen MR) is 123 cm³/mol. The third-order valence-corrected chi connectivity index (χ3v) is 8.32. The van der Waals surface area contributed by atoms with Gasteiger partial charge in [0.1, 0.15) is 36.1 Å². The van der Waals surface area contributed by atoms with E-state index in [0.717, 1.165) is 42.9 Å². The van der Waals surface area contributed by atoms with Crippen molar-refractivity contribution < 1.29 is 23.1 Å². The molecule has 4 bridgehead atoms. The zero-order valence-electron chi connectivity index (χ0n) is 18.6. The molecule has 4 nitrogen and oxygen atoms in total. The number of benzene rings is 2. The number of ether oxygens (including phenoxy) is 1. The van der Waals surface area contributed by atoms with E-state index < -0.39 is 17.7 Å².